The molecule has 2 heterocycles. The summed E-state index contributed by atoms with van der Waals surface area (Å²) in [5.41, 5.74) is 1.67. The molecule has 6 heteroatoms. The fraction of sp³-hybridized carbons (Fsp3) is 0.478. The summed E-state index contributed by atoms with van der Waals surface area (Å²) in [7, 11) is 0. The Labute approximate surface area is 170 Å². The molecule has 1 aliphatic carbocycles. The first-order valence-electron chi connectivity index (χ1n) is 10.4. The molecule has 1 unspecified atom stereocenters. The fourth-order valence-electron chi connectivity index (χ4n) is 5.07. The van der Waals surface area contributed by atoms with Crippen LogP contribution in [0.3, 0.4) is 0 Å². The van der Waals surface area contributed by atoms with Crippen molar-refractivity contribution in [3.63, 3.8) is 0 Å². The number of carbonyl (C=O) groups excluding carboxylic acids is 1. The Kier molecular flexibility index (Phi) is 4.65. The average molecular weight is 391 g/mol. The third-order valence-corrected chi connectivity index (χ3v) is 6.61. The quantitative estimate of drug-likeness (QED) is 0.871. The van der Waals surface area contributed by atoms with Crippen molar-refractivity contribution in [2.24, 2.45) is 5.92 Å². The van der Waals surface area contributed by atoms with Gasteiger partial charge in [0.1, 0.15) is 5.75 Å². The number of fused-ring (bicyclic) bond motifs is 3. The monoisotopic (exact) mass is 391 g/mol. The van der Waals surface area contributed by atoms with Crippen molar-refractivity contribution in [2.75, 3.05) is 19.8 Å². The molecule has 3 aliphatic rings. The lowest BCUT2D eigenvalue weighted by atomic mass is 9.97. The molecule has 1 saturated heterocycles. The lowest BCUT2D eigenvalue weighted by Gasteiger charge is -2.35. The normalized spacial score (nSPS) is 27.1. The number of hydrogen-bond donors (Lipinski definition) is 1. The van der Waals surface area contributed by atoms with Crippen molar-refractivity contribution in [1.82, 2.24) is 9.80 Å². The Balaban J connectivity index is 1.53. The minimum absolute atomic E-state index is 0.0551. The molecule has 6 nitrogen and oxygen atoms in total. The lowest BCUT2D eigenvalue weighted by molar-refractivity contribution is 0.0132. The number of amides is 1. The van der Waals surface area contributed by atoms with Crippen LogP contribution >= 0.6 is 0 Å². The molecule has 2 aromatic carbocycles. The highest BCUT2D eigenvalue weighted by atomic mass is 16.5. The number of hydrogen-bond acceptors (Lipinski definition) is 5. The van der Waals surface area contributed by atoms with Crippen molar-refractivity contribution in [3.05, 3.63) is 41.5 Å². The SMILES string of the molecule is N#CC1CCN(Cc2cc3c(c4ccccc24)OCN([C@H]2CCC[C@@H]2O)C3=O)C1. The summed E-state index contributed by atoms with van der Waals surface area (Å²) in [5, 5.41) is 21.5. The standard InChI is InChI=1S/C23H25N3O3/c24-11-15-8-9-25(12-15)13-16-10-19-22(18-5-2-1-4-17(16)18)29-14-26(23(19)28)20-6-3-7-21(20)27/h1-2,4-5,10,15,20-21,27H,3,6-9,12-14H2/t15?,20-,21-/m0/s1. The van der Waals surface area contributed by atoms with Gasteiger partial charge >= 0.3 is 0 Å². The van der Waals surface area contributed by atoms with Crippen molar-refractivity contribution in [3.8, 4) is 11.8 Å². The average Bonchev–Trinajstić information content (AvgIpc) is 3.37. The molecule has 5 rings (SSSR count). The van der Waals surface area contributed by atoms with Crippen LogP contribution in [0, 0.1) is 17.2 Å². The molecule has 0 spiro atoms. The molecule has 3 atom stereocenters. The Hall–Kier alpha value is -2.62. The lowest BCUT2D eigenvalue weighted by Crippen LogP contribution is -2.48. The predicted octanol–water partition coefficient (Wildman–Crippen LogP) is 2.89. The number of aliphatic hydroxyl groups is 1. The van der Waals surface area contributed by atoms with Crippen LogP contribution < -0.4 is 4.74 Å². The van der Waals surface area contributed by atoms with Gasteiger partial charge in [-0.15, -0.1) is 0 Å². The van der Waals surface area contributed by atoms with Crippen molar-refractivity contribution < 1.29 is 14.6 Å². The summed E-state index contributed by atoms with van der Waals surface area (Å²) in [6, 6.07) is 12.2. The largest absolute Gasteiger partial charge is 0.472 e. The molecular formula is C23H25N3O3. The molecule has 2 fully saturated rings. The van der Waals surface area contributed by atoms with Gasteiger partial charge in [-0.3, -0.25) is 14.6 Å². The minimum Gasteiger partial charge on any atom is -0.472 e. The van der Waals surface area contributed by atoms with Crippen molar-refractivity contribution in [1.29, 1.82) is 5.26 Å². The van der Waals surface area contributed by atoms with Gasteiger partial charge in [0.05, 0.1) is 29.7 Å². The predicted molar refractivity (Wildman–Crippen MR) is 108 cm³/mol. The van der Waals surface area contributed by atoms with E-state index >= 15 is 0 Å². The van der Waals surface area contributed by atoms with E-state index in [2.05, 4.69) is 17.0 Å². The third-order valence-electron chi connectivity index (χ3n) is 6.61. The number of rotatable bonds is 3. The minimum atomic E-state index is -0.475. The fourth-order valence-corrected chi connectivity index (χ4v) is 5.07. The van der Waals surface area contributed by atoms with E-state index in [9.17, 15) is 15.2 Å². The second-order valence-electron chi connectivity index (χ2n) is 8.42. The summed E-state index contributed by atoms with van der Waals surface area (Å²) in [5.74, 6) is 0.679. The summed E-state index contributed by atoms with van der Waals surface area (Å²) < 4.78 is 6.08. The zero-order valence-electron chi connectivity index (χ0n) is 16.4. The van der Waals surface area contributed by atoms with Crippen LogP contribution in [-0.4, -0.2) is 52.8 Å². The molecule has 2 aliphatic heterocycles. The van der Waals surface area contributed by atoms with Gasteiger partial charge in [0.15, 0.2) is 6.73 Å². The highest BCUT2D eigenvalue weighted by molar-refractivity contribution is 6.06. The van der Waals surface area contributed by atoms with Crippen LogP contribution in [0.4, 0.5) is 0 Å². The van der Waals surface area contributed by atoms with E-state index in [1.54, 1.807) is 4.90 Å². The zero-order chi connectivity index (χ0) is 20.0. The van der Waals surface area contributed by atoms with E-state index in [0.29, 0.717) is 17.9 Å². The van der Waals surface area contributed by atoms with Crippen LogP contribution in [-0.2, 0) is 6.54 Å². The highest BCUT2D eigenvalue weighted by Crippen LogP contribution is 2.38. The van der Waals surface area contributed by atoms with E-state index < -0.39 is 6.10 Å². The molecule has 1 amide bonds. The molecule has 0 bridgehead atoms. The van der Waals surface area contributed by atoms with Crippen LogP contribution in [0.25, 0.3) is 10.8 Å². The second-order valence-corrected chi connectivity index (χ2v) is 8.42. The Morgan fingerprint density at radius 2 is 2.03 bits per heavy atom. The molecule has 0 radical (unpaired) electrons. The topological polar surface area (TPSA) is 76.8 Å². The summed E-state index contributed by atoms with van der Waals surface area (Å²) in [4.78, 5) is 17.3. The number of ether oxygens (including phenoxy) is 1. The van der Waals surface area contributed by atoms with Crippen LogP contribution in [0.5, 0.6) is 5.75 Å². The van der Waals surface area contributed by atoms with Crippen LogP contribution in [0.2, 0.25) is 0 Å². The van der Waals surface area contributed by atoms with E-state index in [0.717, 1.165) is 55.1 Å². The molecule has 0 aromatic heterocycles. The first-order chi connectivity index (χ1) is 14.2. The van der Waals surface area contributed by atoms with Gasteiger partial charge in [-0.05, 0) is 49.2 Å². The first kappa shape index (κ1) is 18.4. The molecule has 1 saturated carbocycles. The van der Waals surface area contributed by atoms with Crippen LogP contribution in [0.15, 0.2) is 30.3 Å². The molecule has 2 aromatic rings. The van der Waals surface area contributed by atoms with Crippen molar-refractivity contribution in [2.45, 2.75) is 44.4 Å². The molecular weight excluding hydrogens is 366 g/mol. The van der Waals surface area contributed by atoms with Gasteiger partial charge in [-0.2, -0.15) is 5.26 Å². The maximum absolute atomic E-state index is 13.4. The van der Waals surface area contributed by atoms with Crippen LogP contribution in [0.1, 0.15) is 41.6 Å². The maximum Gasteiger partial charge on any atom is 0.260 e. The Morgan fingerprint density at radius 1 is 1.21 bits per heavy atom. The summed E-state index contributed by atoms with van der Waals surface area (Å²) in [6.45, 7) is 2.57. The summed E-state index contributed by atoms with van der Waals surface area (Å²) >= 11 is 0. The second kappa shape index (κ2) is 7.33. The maximum atomic E-state index is 13.4. The number of nitriles is 1. The third kappa shape index (κ3) is 3.15. The van der Waals surface area contributed by atoms with E-state index in [-0.39, 0.29) is 24.6 Å². The molecule has 29 heavy (non-hydrogen) atoms. The Bertz CT molecular complexity index is 999. The Morgan fingerprint density at radius 3 is 2.76 bits per heavy atom. The first-order valence-corrected chi connectivity index (χ1v) is 10.4. The van der Waals surface area contributed by atoms with Gasteiger partial charge in [0.2, 0.25) is 0 Å². The number of nitrogens with zero attached hydrogens (tertiary/aromatic N) is 3. The van der Waals surface area contributed by atoms with Gasteiger partial charge in [0, 0.05) is 18.5 Å². The molecule has 150 valence electrons. The number of carbonyl (C=O) groups is 1. The van der Waals surface area contributed by atoms with E-state index in [1.165, 1.54) is 0 Å². The van der Waals surface area contributed by atoms with Crippen molar-refractivity contribution >= 4 is 16.7 Å². The molecule has 1 N–H and O–H groups in total. The highest BCUT2D eigenvalue weighted by Gasteiger charge is 2.38. The van der Waals surface area contributed by atoms with Gasteiger partial charge in [-0.25, -0.2) is 0 Å². The van der Waals surface area contributed by atoms with Gasteiger partial charge in [0.25, 0.3) is 5.91 Å². The number of aliphatic hydroxyl groups excluding tert-OH is 1. The number of benzene rings is 2. The number of likely N-dealkylation sites (tertiary alicyclic amines) is 1. The van der Waals surface area contributed by atoms with Gasteiger partial charge in [-0.1, -0.05) is 24.3 Å². The van der Waals surface area contributed by atoms with E-state index in [4.69, 9.17) is 4.74 Å². The van der Waals surface area contributed by atoms with Gasteiger partial charge < -0.3 is 9.84 Å². The zero-order valence-corrected chi connectivity index (χ0v) is 16.4. The smallest absolute Gasteiger partial charge is 0.260 e. The summed E-state index contributed by atoms with van der Waals surface area (Å²) in [6.07, 6.45) is 2.90. The van der Waals surface area contributed by atoms with E-state index in [1.807, 2.05) is 24.3 Å².